The Labute approximate surface area is 128 Å². The molecule has 1 N–H and O–H groups in total. The van der Waals surface area contributed by atoms with Gasteiger partial charge in [0, 0.05) is 25.7 Å². The average molecular weight is 289 g/mol. The number of hydrogen-bond acceptors (Lipinski definition) is 3. The van der Waals surface area contributed by atoms with Crippen LogP contribution in [0.25, 0.3) is 0 Å². The van der Waals surface area contributed by atoms with Gasteiger partial charge < -0.3 is 14.8 Å². The smallest absolute Gasteiger partial charge is 0.122 e. The van der Waals surface area contributed by atoms with Crippen molar-refractivity contribution in [3.63, 3.8) is 0 Å². The zero-order valence-corrected chi connectivity index (χ0v) is 13.1. The first-order chi connectivity index (χ1) is 10.3. The van der Waals surface area contributed by atoms with Crippen LogP contribution in [-0.4, -0.2) is 32.4 Å². The monoisotopic (exact) mass is 289 g/mol. The molecule has 0 aromatic heterocycles. The molecule has 21 heavy (non-hydrogen) atoms. The van der Waals surface area contributed by atoms with E-state index in [4.69, 9.17) is 9.47 Å². The van der Waals surface area contributed by atoms with E-state index in [1.165, 1.54) is 30.4 Å². The van der Waals surface area contributed by atoms with Crippen LogP contribution in [0.1, 0.15) is 37.3 Å². The third kappa shape index (κ3) is 3.98. The molecule has 1 saturated heterocycles. The fourth-order valence-corrected chi connectivity index (χ4v) is 3.50. The number of rotatable bonds is 7. The summed E-state index contributed by atoms with van der Waals surface area (Å²) in [5.74, 6) is 1.84. The Bertz CT molecular complexity index is 455. The van der Waals surface area contributed by atoms with Gasteiger partial charge in [0.1, 0.15) is 5.75 Å². The summed E-state index contributed by atoms with van der Waals surface area (Å²) in [5.41, 5.74) is 2.83. The number of nitrogens with one attached hydrogen (secondary N) is 1. The van der Waals surface area contributed by atoms with Crippen LogP contribution < -0.4 is 10.1 Å². The van der Waals surface area contributed by atoms with E-state index < -0.39 is 0 Å². The molecule has 1 aromatic rings. The summed E-state index contributed by atoms with van der Waals surface area (Å²) >= 11 is 0. The molecule has 2 aliphatic rings. The first-order valence-electron chi connectivity index (χ1n) is 8.41. The molecule has 2 unspecified atom stereocenters. The Balaban J connectivity index is 1.53. The first kappa shape index (κ1) is 14.9. The highest BCUT2D eigenvalue weighted by atomic mass is 16.5. The van der Waals surface area contributed by atoms with Gasteiger partial charge in [-0.05, 0) is 55.3 Å². The molecule has 3 heteroatoms. The van der Waals surface area contributed by atoms with Crippen molar-refractivity contribution < 1.29 is 9.47 Å². The average Bonchev–Trinajstić information content (AvgIpc) is 3.15. The maximum atomic E-state index is 5.58. The van der Waals surface area contributed by atoms with Gasteiger partial charge in [-0.1, -0.05) is 19.1 Å². The Morgan fingerprint density at radius 1 is 1.33 bits per heavy atom. The molecule has 0 bridgehead atoms. The van der Waals surface area contributed by atoms with E-state index in [0.29, 0.717) is 6.04 Å². The Morgan fingerprint density at radius 2 is 2.29 bits per heavy atom. The predicted octanol–water partition coefficient (Wildman–Crippen LogP) is 2.96. The topological polar surface area (TPSA) is 30.5 Å². The van der Waals surface area contributed by atoms with Crippen molar-refractivity contribution in [1.29, 1.82) is 0 Å². The lowest BCUT2D eigenvalue weighted by Gasteiger charge is -2.21. The second-order valence-corrected chi connectivity index (χ2v) is 6.30. The number of benzene rings is 1. The molecule has 116 valence electrons. The molecule has 2 atom stereocenters. The van der Waals surface area contributed by atoms with Gasteiger partial charge in [-0.2, -0.15) is 0 Å². The van der Waals surface area contributed by atoms with Crippen LogP contribution in [0.5, 0.6) is 5.75 Å². The molecule has 0 saturated carbocycles. The molecular formula is C18H27NO2. The third-order valence-electron chi connectivity index (χ3n) is 4.67. The molecule has 0 aliphatic carbocycles. The fourth-order valence-electron chi connectivity index (χ4n) is 3.50. The van der Waals surface area contributed by atoms with Crippen molar-refractivity contribution >= 4 is 0 Å². The number of aryl methyl sites for hydroxylation is 1. The van der Waals surface area contributed by atoms with Crippen molar-refractivity contribution in [3.8, 4) is 5.75 Å². The van der Waals surface area contributed by atoms with Gasteiger partial charge in [-0.3, -0.25) is 0 Å². The highest BCUT2D eigenvalue weighted by Gasteiger charge is 2.20. The molecule has 1 fully saturated rings. The van der Waals surface area contributed by atoms with Crippen LogP contribution in [0, 0.1) is 5.92 Å². The van der Waals surface area contributed by atoms with E-state index in [1.54, 1.807) is 0 Å². The minimum Gasteiger partial charge on any atom is -0.493 e. The zero-order valence-electron chi connectivity index (χ0n) is 13.1. The van der Waals surface area contributed by atoms with Crippen molar-refractivity contribution in [2.24, 2.45) is 5.92 Å². The van der Waals surface area contributed by atoms with Crippen LogP contribution in [-0.2, 0) is 17.6 Å². The zero-order chi connectivity index (χ0) is 14.5. The van der Waals surface area contributed by atoms with E-state index in [-0.39, 0.29) is 0 Å². The predicted molar refractivity (Wildman–Crippen MR) is 85.0 cm³/mol. The highest BCUT2D eigenvalue weighted by Crippen LogP contribution is 2.27. The van der Waals surface area contributed by atoms with Crippen LogP contribution in [0.2, 0.25) is 0 Å². The molecule has 2 heterocycles. The summed E-state index contributed by atoms with van der Waals surface area (Å²) in [6.45, 7) is 6.01. The van der Waals surface area contributed by atoms with Gasteiger partial charge in [0.2, 0.25) is 0 Å². The summed E-state index contributed by atoms with van der Waals surface area (Å²) in [7, 11) is 0. The quantitative estimate of drug-likeness (QED) is 0.837. The molecule has 0 spiro atoms. The van der Waals surface area contributed by atoms with Crippen molar-refractivity contribution in [2.45, 2.75) is 45.1 Å². The summed E-state index contributed by atoms with van der Waals surface area (Å²) in [6.07, 6.45) is 5.92. The van der Waals surface area contributed by atoms with E-state index in [1.807, 2.05) is 0 Å². The number of fused-ring (bicyclic) bond motifs is 1. The van der Waals surface area contributed by atoms with Gasteiger partial charge in [-0.15, -0.1) is 0 Å². The lowest BCUT2D eigenvalue weighted by atomic mass is 9.94. The van der Waals surface area contributed by atoms with Crippen LogP contribution in [0.4, 0.5) is 0 Å². The SMILES string of the molecule is CCNC(CCc1ccc2c(c1)CCO2)CC1CCOC1. The molecular weight excluding hydrogens is 262 g/mol. The Kier molecular flexibility index (Phi) is 5.15. The fraction of sp³-hybridized carbons (Fsp3) is 0.667. The lowest BCUT2D eigenvalue weighted by Crippen LogP contribution is -2.31. The standard InChI is InChI=1S/C18H27NO2/c1-2-19-17(12-15-7-9-20-13-15)5-3-14-4-6-18-16(11-14)8-10-21-18/h4,6,11,15,17,19H,2-3,5,7-10,12-13H2,1H3. The van der Waals surface area contributed by atoms with Gasteiger partial charge in [0.05, 0.1) is 6.61 Å². The largest absolute Gasteiger partial charge is 0.493 e. The van der Waals surface area contributed by atoms with Gasteiger partial charge in [0.25, 0.3) is 0 Å². The second-order valence-electron chi connectivity index (χ2n) is 6.30. The molecule has 2 aliphatic heterocycles. The van der Waals surface area contributed by atoms with Crippen LogP contribution in [0.15, 0.2) is 18.2 Å². The van der Waals surface area contributed by atoms with E-state index in [2.05, 4.69) is 30.4 Å². The summed E-state index contributed by atoms with van der Waals surface area (Å²) in [5, 5.41) is 3.65. The molecule has 0 radical (unpaired) electrons. The van der Waals surface area contributed by atoms with E-state index in [0.717, 1.165) is 50.9 Å². The van der Waals surface area contributed by atoms with E-state index in [9.17, 15) is 0 Å². The van der Waals surface area contributed by atoms with Crippen LogP contribution >= 0.6 is 0 Å². The molecule has 0 amide bonds. The summed E-state index contributed by atoms with van der Waals surface area (Å²) in [4.78, 5) is 0. The molecule has 1 aromatic carbocycles. The normalized spacial score (nSPS) is 22.0. The number of ether oxygens (including phenoxy) is 2. The summed E-state index contributed by atoms with van der Waals surface area (Å²) < 4.78 is 11.1. The maximum Gasteiger partial charge on any atom is 0.122 e. The minimum absolute atomic E-state index is 0.617. The second kappa shape index (κ2) is 7.28. The Hall–Kier alpha value is -1.06. The van der Waals surface area contributed by atoms with Crippen molar-refractivity contribution in [1.82, 2.24) is 5.32 Å². The Morgan fingerprint density at radius 3 is 3.10 bits per heavy atom. The van der Waals surface area contributed by atoms with Gasteiger partial charge in [0.15, 0.2) is 0 Å². The first-order valence-corrected chi connectivity index (χ1v) is 8.41. The van der Waals surface area contributed by atoms with Crippen molar-refractivity contribution in [3.05, 3.63) is 29.3 Å². The van der Waals surface area contributed by atoms with Crippen LogP contribution in [0.3, 0.4) is 0 Å². The third-order valence-corrected chi connectivity index (χ3v) is 4.67. The minimum atomic E-state index is 0.617. The molecule has 3 rings (SSSR count). The van der Waals surface area contributed by atoms with E-state index >= 15 is 0 Å². The summed E-state index contributed by atoms with van der Waals surface area (Å²) in [6, 6.07) is 7.33. The number of hydrogen-bond donors (Lipinski definition) is 1. The van der Waals surface area contributed by atoms with Crippen molar-refractivity contribution in [2.75, 3.05) is 26.4 Å². The van der Waals surface area contributed by atoms with Gasteiger partial charge >= 0.3 is 0 Å². The molecule has 3 nitrogen and oxygen atoms in total. The van der Waals surface area contributed by atoms with Gasteiger partial charge in [-0.25, -0.2) is 0 Å². The highest BCUT2D eigenvalue weighted by molar-refractivity contribution is 5.39. The maximum absolute atomic E-state index is 5.58. The lowest BCUT2D eigenvalue weighted by molar-refractivity contribution is 0.181.